The molecule has 7 heteroatoms. The van der Waals surface area contributed by atoms with Gasteiger partial charge in [0.05, 0.1) is 6.61 Å². The Hall–Kier alpha value is -0.610. The van der Waals surface area contributed by atoms with Crippen molar-refractivity contribution >= 4 is 22.6 Å². The molecule has 0 aliphatic carbocycles. The van der Waals surface area contributed by atoms with Crippen molar-refractivity contribution < 1.29 is 29.9 Å². The molecule has 0 saturated carbocycles. The van der Waals surface area contributed by atoms with Gasteiger partial charge in [-0.25, -0.2) is 0 Å². The summed E-state index contributed by atoms with van der Waals surface area (Å²) in [6, 6.07) is 6.02. The van der Waals surface area contributed by atoms with Gasteiger partial charge in [-0.05, 0) is 46.9 Å². The fourth-order valence-electron chi connectivity index (χ4n) is 1.85. The number of alkyl halides is 1. The van der Waals surface area contributed by atoms with Crippen LogP contribution in [-0.2, 0) is 4.74 Å². The zero-order valence-electron chi connectivity index (χ0n) is 9.89. The lowest BCUT2D eigenvalue weighted by Gasteiger charge is -2.40. The number of hydrogen-bond donors (Lipinski definition) is 4. The minimum Gasteiger partial charge on any atom is -0.508 e. The van der Waals surface area contributed by atoms with Gasteiger partial charge in [-0.1, -0.05) is 0 Å². The maximum atomic E-state index is 10.0. The summed E-state index contributed by atoms with van der Waals surface area (Å²) in [4.78, 5) is 0. The van der Waals surface area contributed by atoms with Gasteiger partial charge in [0.2, 0.25) is 0 Å². The molecule has 0 bridgehead atoms. The van der Waals surface area contributed by atoms with E-state index in [4.69, 9.17) is 14.6 Å². The van der Waals surface area contributed by atoms with Crippen molar-refractivity contribution in [2.45, 2.75) is 28.5 Å². The van der Waals surface area contributed by atoms with Gasteiger partial charge >= 0.3 is 0 Å². The average molecular weight is 382 g/mol. The molecule has 0 spiro atoms. The number of halogens is 1. The predicted molar refractivity (Wildman–Crippen MR) is 74.3 cm³/mol. The molecule has 5 atom stereocenters. The zero-order chi connectivity index (χ0) is 14.0. The highest BCUT2D eigenvalue weighted by Crippen LogP contribution is 2.29. The van der Waals surface area contributed by atoms with Crippen LogP contribution in [0.15, 0.2) is 24.3 Å². The molecular formula is C12H15IO6. The molecule has 0 amide bonds. The smallest absolute Gasteiger partial charge is 0.162 e. The molecule has 1 aromatic carbocycles. The van der Waals surface area contributed by atoms with E-state index in [1.54, 1.807) is 12.1 Å². The maximum absolute atomic E-state index is 10.0. The molecule has 106 valence electrons. The van der Waals surface area contributed by atoms with Crippen LogP contribution < -0.4 is 4.74 Å². The van der Waals surface area contributed by atoms with Gasteiger partial charge in [0, 0.05) is 0 Å². The van der Waals surface area contributed by atoms with Gasteiger partial charge in [0.15, 0.2) is 6.10 Å². The van der Waals surface area contributed by atoms with Crippen LogP contribution in [-0.4, -0.2) is 55.6 Å². The van der Waals surface area contributed by atoms with Crippen molar-refractivity contribution in [3.63, 3.8) is 0 Å². The number of aromatic hydroxyl groups is 1. The number of phenols is 1. The largest absolute Gasteiger partial charge is 0.508 e. The summed E-state index contributed by atoms with van der Waals surface area (Å²) in [7, 11) is 0. The van der Waals surface area contributed by atoms with E-state index in [-0.39, 0.29) is 12.4 Å². The molecule has 6 nitrogen and oxygen atoms in total. The summed E-state index contributed by atoms with van der Waals surface area (Å²) in [6.07, 6.45) is -3.96. The molecular weight excluding hydrogens is 367 g/mol. The first-order chi connectivity index (χ1) is 9.02. The van der Waals surface area contributed by atoms with Gasteiger partial charge in [0.1, 0.15) is 33.9 Å². The molecule has 1 aromatic rings. The van der Waals surface area contributed by atoms with E-state index >= 15 is 0 Å². The Morgan fingerprint density at radius 3 is 2.37 bits per heavy atom. The standard InChI is InChI=1S/C12H15IO6/c13-12-11(10(17)9(16)8(5-14)19-12)18-7-3-1-6(15)2-4-7/h1-4,8-12,14-17H,5H2/t8?,9-,10?,11?,12+/m1/s1. The highest BCUT2D eigenvalue weighted by molar-refractivity contribution is 14.1. The molecule has 1 aliphatic rings. The van der Waals surface area contributed by atoms with Crippen LogP contribution in [0.1, 0.15) is 0 Å². The normalized spacial score (nSPS) is 35.1. The second-order valence-corrected chi connectivity index (χ2v) is 5.49. The molecule has 1 saturated heterocycles. The summed E-state index contributed by atoms with van der Waals surface area (Å²) in [5.74, 6) is 0.556. The Kier molecular flexibility index (Phi) is 4.85. The van der Waals surface area contributed by atoms with Gasteiger partial charge in [-0.3, -0.25) is 0 Å². The fourth-order valence-corrected chi connectivity index (χ4v) is 2.80. The Bertz CT molecular complexity index is 411. The van der Waals surface area contributed by atoms with Crippen LogP contribution in [0.3, 0.4) is 0 Å². The van der Waals surface area contributed by atoms with Crippen LogP contribution in [0, 0.1) is 0 Å². The predicted octanol–water partition coefficient (Wildman–Crippen LogP) is 0.0136. The lowest BCUT2D eigenvalue weighted by molar-refractivity contribution is -0.194. The number of aliphatic hydroxyl groups excluding tert-OH is 3. The van der Waals surface area contributed by atoms with Crippen LogP contribution in [0.4, 0.5) is 0 Å². The van der Waals surface area contributed by atoms with Crippen LogP contribution in [0.5, 0.6) is 11.5 Å². The van der Waals surface area contributed by atoms with E-state index in [2.05, 4.69) is 0 Å². The highest BCUT2D eigenvalue weighted by Gasteiger charge is 2.44. The maximum Gasteiger partial charge on any atom is 0.162 e. The third kappa shape index (κ3) is 3.29. The van der Waals surface area contributed by atoms with Gasteiger partial charge in [0.25, 0.3) is 0 Å². The Morgan fingerprint density at radius 1 is 1.16 bits per heavy atom. The molecule has 0 aromatic heterocycles. The van der Waals surface area contributed by atoms with Gasteiger partial charge in [-0.2, -0.15) is 0 Å². The second kappa shape index (κ2) is 6.23. The van der Waals surface area contributed by atoms with E-state index in [0.717, 1.165) is 0 Å². The summed E-state index contributed by atoms with van der Waals surface area (Å²) >= 11 is 1.94. The Labute approximate surface area is 123 Å². The van der Waals surface area contributed by atoms with Crippen molar-refractivity contribution in [1.82, 2.24) is 0 Å². The molecule has 0 radical (unpaired) electrons. The van der Waals surface area contributed by atoms with Crippen LogP contribution in [0.25, 0.3) is 0 Å². The third-order valence-electron chi connectivity index (χ3n) is 2.92. The minimum absolute atomic E-state index is 0.110. The lowest BCUT2D eigenvalue weighted by Crippen LogP contribution is -2.58. The average Bonchev–Trinajstić information content (AvgIpc) is 2.41. The number of rotatable bonds is 3. The van der Waals surface area contributed by atoms with E-state index < -0.39 is 28.5 Å². The first-order valence-corrected chi connectivity index (χ1v) is 6.99. The summed E-state index contributed by atoms with van der Waals surface area (Å²) < 4.78 is 10.4. The topological polar surface area (TPSA) is 99.4 Å². The van der Waals surface area contributed by atoms with E-state index in [0.29, 0.717) is 5.75 Å². The van der Waals surface area contributed by atoms with Crippen molar-refractivity contribution in [3.8, 4) is 11.5 Å². The number of phenolic OH excluding ortho intramolecular Hbond substituents is 1. The monoisotopic (exact) mass is 382 g/mol. The van der Waals surface area contributed by atoms with E-state index in [9.17, 15) is 15.3 Å². The number of hydrogen-bond acceptors (Lipinski definition) is 6. The number of benzene rings is 1. The minimum atomic E-state index is -1.21. The van der Waals surface area contributed by atoms with Gasteiger partial charge < -0.3 is 29.9 Å². The molecule has 1 heterocycles. The first kappa shape index (κ1) is 14.8. The Morgan fingerprint density at radius 2 is 1.79 bits per heavy atom. The van der Waals surface area contributed by atoms with Crippen molar-refractivity contribution in [3.05, 3.63) is 24.3 Å². The number of aliphatic hydroxyl groups is 3. The molecule has 4 N–H and O–H groups in total. The zero-order valence-corrected chi connectivity index (χ0v) is 12.0. The molecule has 19 heavy (non-hydrogen) atoms. The first-order valence-electron chi connectivity index (χ1n) is 5.75. The van der Waals surface area contributed by atoms with Gasteiger partial charge in [-0.15, -0.1) is 0 Å². The SMILES string of the molecule is OCC1O[C@H](I)C(Oc2ccc(O)cc2)C(O)[C@@H]1O. The molecule has 3 unspecified atom stereocenters. The second-order valence-electron chi connectivity index (χ2n) is 4.27. The summed E-state index contributed by atoms with van der Waals surface area (Å²) in [5.41, 5.74) is 0. The van der Waals surface area contributed by atoms with E-state index in [1.807, 2.05) is 22.6 Å². The Balaban J connectivity index is 2.09. The van der Waals surface area contributed by atoms with Crippen molar-refractivity contribution in [2.24, 2.45) is 0 Å². The third-order valence-corrected chi connectivity index (χ3v) is 3.92. The summed E-state index contributed by atoms with van der Waals surface area (Å²) in [6.45, 7) is -0.371. The summed E-state index contributed by atoms with van der Waals surface area (Å²) in [5, 5.41) is 38.0. The fraction of sp³-hybridized carbons (Fsp3) is 0.500. The van der Waals surface area contributed by atoms with Crippen molar-refractivity contribution in [1.29, 1.82) is 0 Å². The number of ether oxygens (including phenoxy) is 2. The highest BCUT2D eigenvalue weighted by atomic mass is 127. The molecule has 1 aliphatic heterocycles. The molecule has 2 rings (SSSR count). The van der Waals surface area contributed by atoms with Crippen LogP contribution in [0.2, 0.25) is 0 Å². The lowest BCUT2D eigenvalue weighted by atomic mass is 10.0. The van der Waals surface area contributed by atoms with Crippen LogP contribution >= 0.6 is 22.6 Å². The quantitative estimate of drug-likeness (QED) is 0.435. The molecule has 1 fully saturated rings. The van der Waals surface area contributed by atoms with Crippen molar-refractivity contribution in [2.75, 3.05) is 6.61 Å². The van der Waals surface area contributed by atoms with E-state index in [1.165, 1.54) is 12.1 Å².